The normalized spacial score (nSPS) is 10.4. The van der Waals surface area contributed by atoms with Gasteiger partial charge in [-0.3, -0.25) is 4.68 Å². The summed E-state index contributed by atoms with van der Waals surface area (Å²) in [6, 6.07) is 5.83. The van der Waals surface area contributed by atoms with E-state index in [2.05, 4.69) is 5.10 Å². The molecular weight excluding hydrogens is 152 g/mol. The van der Waals surface area contributed by atoms with Gasteiger partial charge in [-0.05, 0) is 25.1 Å². The standard InChI is InChI=1S/C9H10N2O/c1-8-3-4-9(12-8)7-11-6-2-5-10-11/h2-6H,7H2,1H3. The monoisotopic (exact) mass is 162 g/mol. The lowest BCUT2D eigenvalue weighted by Crippen LogP contribution is -1.97. The van der Waals surface area contributed by atoms with E-state index in [0.717, 1.165) is 11.5 Å². The number of nitrogens with zero attached hydrogens (tertiary/aromatic N) is 2. The SMILES string of the molecule is Cc1ccc(Cn2cccn2)o1. The predicted molar refractivity (Wildman–Crippen MR) is 44.8 cm³/mol. The van der Waals surface area contributed by atoms with Crippen LogP contribution in [0.25, 0.3) is 0 Å². The smallest absolute Gasteiger partial charge is 0.125 e. The molecule has 0 fully saturated rings. The van der Waals surface area contributed by atoms with Crippen LogP contribution < -0.4 is 0 Å². The highest BCUT2D eigenvalue weighted by molar-refractivity contribution is 5.05. The van der Waals surface area contributed by atoms with E-state index in [4.69, 9.17) is 4.42 Å². The van der Waals surface area contributed by atoms with E-state index >= 15 is 0 Å². The van der Waals surface area contributed by atoms with Crippen LogP contribution in [0.4, 0.5) is 0 Å². The molecule has 2 aromatic heterocycles. The molecule has 0 radical (unpaired) electrons. The first-order chi connectivity index (χ1) is 5.84. The van der Waals surface area contributed by atoms with E-state index in [-0.39, 0.29) is 0 Å². The van der Waals surface area contributed by atoms with Gasteiger partial charge in [-0.25, -0.2) is 0 Å². The fourth-order valence-electron chi connectivity index (χ4n) is 1.12. The van der Waals surface area contributed by atoms with Crippen molar-refractivity contribution in [3.63, 3.8) is 0 Å². The lowest BCUT2D eigenvalue weighted by molar-refractivity contribution is 0.459. The molecule has 0 aliphatic rings. The van der Waals surface area contributed by atoms with E-state index in [1.54, 1.807) is 6.20 Å². The van der Waals surface area contributed by atoms with Crippen LogP contribution in [0.2, 0.25) is 0 Å². The van der Waals surface area contributed by atoms with Gasteiger partial charge in [-0.1, -0.05) is 0 Å². The molecule has 0 aliphatic heterocycles. The number of aryl methyl sites for hydroxylation is 1. The minimum Gasteiger partial charge on any atom is -0.464 e. The summed E-state index contributed by atoms with van der Waals surface area (Å²) in [5, 5.41) is 4.08. The maximum atomic E-state index is 5.40. The molecule has 2 rings (SSSR count). The van der Waals surface area contributed by atoms with Crippen LogP contribution in [0.1, 0.15) is 11.5 Å². The molecule has 0 saturated heterocycles. The van der Waals surface area contributed by atoms with Gasteiger partial charge in [0.1, 0.15) is 11.5 Å². The van der Waals surface area contributed by atoms with Gasteiger partial charge >= 0.3 is 0 Å². The third-order valence-electron chi connectivity index (χ3n) is 1.67. The zero-order valence-electron chi connectivity index (χ0n) is 6.90. The molecule has 0 bridgehead atoms. The second kappa shape index (κ2) is 2.85. The van der Waals surface area contributed by atoms with Gasteiger partial charge < -0.3 is 4.42 Å². The third-order valence-corrected chi connectivity index (χ3v) is 1.67. The number of hydrogen-bond donors (Lipinski definition) is 0. The van der Waals surface area contributed by atoms with Gasteiger partial charge in [-0.15, -0.1) is 0 Å². The Bertz CT molecular complexity index is 348. The van der Waals surface area contributed by atoms with Gasteiger partial charge in [0, 0.05) is 12.4 Å². The van der Waals surface area contributed by atoms with Crippen LogP contribution in [-0.2, 0) is 6.54 Å². The zero-order valence-corrected chi connectivity index (χ0v) is 6.90. The average molecular weight is 162 g/mol. The maximum Gasteiger partial charge on any atom is 0.125 e. The first-order valence-electron chi connectivity index (χ1n) is 3.87. The van der Waals surface area contributed by atoms with Crippen molar-refractivity contribution >= 4 is 0 Å². The molecule has 12 heavy (non-hydrogen) atoms. The molecule has 0 saturated carbocycles. The van der Waals surface area contributed by atoms with Crippen molar-refractivity contribution < 1.29 is 4.42 Å². The van der Waals surface area contributed by atoms with E-state index in [1.807, 2.05) is 36.0 Å². The van der Waals surface area contributed by atoms with Crippen molar-refractivity contribution in [2.24, 2.45) is 0 Å². The highest BCUT2D eigenvalue weighted by atomic mass is 16.3. The Balaban J connectivity index is 2.14. The maximum absolute atomic E-state index is 5.40. The van der Waals surface area contributed by atoms with Crippen molar-refractivity contribution in [2.45, 2.75) is 13.5 Å². The Labute approximate surface area is 70.6 Å². The van der Waals surface area contributed by atoms with Gasteiger partial charge in [0.25, 0.3) is 0 Å². The van der Waals surface area contributed by atoms with E-state index in [9.17, 15) is 0 Å². The van der Waals surface area contributed by atoms with E-state index in [0.29, 0.717) is 6.54 Å². The Hall–Kier alpha value is -1.51. The molecule has 0 amide bonds. The molecule has 3 nitrogen and oxygen atoms in total. The van der Waals surface area contributed by atoms with Gasteiger partial charge in [0.2, 0.25) is 0 Å². The molecule has 2 heterocycles. The average Bonchev–Trinajstić information content (AvgIpc) is 2.63. The molecule has 3 heteroatoms. The third kappa shape index (κ3) is 1.39. The molecule has 0 atom stereocenters. The lowest BCUT2D eigenvalue weighted by Gasteiger charge is -1.95. The summed E-state index contributed by atoms with van der Waals surface area (Å²) in [6.45, 7) is 2.65. The minimum atomic E-state index is 0.709. The molecule has 62 valence electrons. The molecule has 0 aliphatic carbocycles. The van der Waals surface area contributed by atoms with E-state index in [1.165, 1.54) is 0 Å². The van der Waals surface area contributed by atoms with Crippen LogP contribution in [0.15, 0.2) is 35.0 Å². The molecule has 0 unspecified atom stereocenters. The van der Waals surface area contributed by atoms with Crippen LogP contribution in [0.3, 0.4) is 0 Å². The van der Waals surface area contributed by atoms with Crippen molar-refractivity contribution in [3.05, 3.63) is 42.1 Å². The first kappa shape index (κ1) is 7.16. The second-order valence-electron chi connectivity index (χ2n) is 2.72. The summed E-state index contributed by atoms with van der Waals surface area (Å²) in [5.74, 6) is 1.88. The lowest BCUT2D eigenvalue weighted by atomic mass is 10.4. The van der Waals surface area contributed by atoms with Crippen molar-refractivity contribution in [1.29, 1.82) is 0 Å². The van der Waals surface area contributed by atoms with Crippen molar-refractivity contribution in [1.82, 2.24) is 9.78 Å². The summed E-state index contributed by atoms with van der Waals surface area (Å²) >= 11 is 0. The molecule has 0 spiro atoms. The number of hydrogen-bond acceptors (Lipinski definition) is 2. The Morgan fingerprint density at radius 2 is 2.42 bits per heavy atom. The predicted octanol–water partition coefficient (Wildman–Crippen LogP) is 1.83. The van der Waals surface area contributed by atoms with Crippen LogP contribution >= 0.6 is 0 Å². The van der Waals surface area contributed by atoms with Gasteiger partial charge in [0.15, 0.2) is 0 Å². The second-order valence-corrected chi connectivity index (χ2v) is 2.72. The highest BCUT2D eigenvalue weighted by Gasteiger charge is 1.98. The molecule has 0 aromatic carbocycles. The molecular formula is C9H10N2O. The van der Waals surface area contributed by atoms with Crippen LogP contribution in [0, 0.1) is 6.92 Å². The molecule has 0 N–H and O–H groups in total. The number of furan rings is 1. The summed E-state index contributed by atoms with van der Waals surface area (Å²) in [5.41, 5.74) is 0. The van der Waals surface area contributed by atoms with Crippen LogP contribution in [-0.4, -0.2) is 9.78 Å². The number of rotatable bonds is 2. The highest BCUT2D eigenvalue weighted by Crippen LogP contribution is 2.07. The van der Waals surface area contributed by atoms with Gasteiger partial charge in [0.05, 0.1) is 6.54 Å². The summed E-state index contributed by atoms with van der Waals surface area (Å²) in [6.07, 6.45) is 3.67. The first-order valence-corrected chi connectivity index (χ1v) is 3.87. The van der Waals surface area contributed by atoms with Crippen LogP contribution in [0.5, 0.6) is 0 Å². The molecule has 2 aromatic rings. The van der Waals surface area contributed by atoms with Gasteiger partial charge in [-0.2, -0.15) is 5.10 Å². The van der Waals surface area contributed by atoms with Crippen molar-refractivity contribution in [3.8, 4) is 0 Å². The zero-order chi connectivity index (χ0) is 8.39. The summed E-state index contributed by atoms with van der Waals surface area (Å²) < 4.78 is 7.23. The van der Waals surface area contributed by atoms with E-state index < -0.39 is 0 Å². The van der Waals surface area contributed by atoms with Crippen molar-refractivity contribution in [2.75, 3.05) is 0 Å². The summed E-state index contributed by atoms with van der Waals surface area (Å²) in [4.78, 5) is 0. The minimum absolute atomic E-state index is 0.709. The summed E-state index contributed by atoms with van der Waals surface area (Å²) in [7, 11) is 0. The Morgan fingerprint density at radius 3 is 3.00 bits per heavy atom. The fraction of sp³-hybridized carbons (Fsp3) is 0.222. The fourth-order valence-corrected chi connectivity index (χ4v) is 1.12. The largest absolute Gasteiger partial charge is 0.464 e. The Kier molecular flexibility index (Phi) is 1.70. The quantitative estimate of drug-likeness (QED) is 0.674. The topological polar surface area (TPSA) is 31.0 Å². The number of aromatic nitrogens is 2. The Morgan fingerprint density at radius 1 is 1.50 bits per heavy atom.